The van der Waals surface area contributed by atoms with Crippen molar-refractivity contribution in [3.63, 3.8) is 0 Å². The Morgan fingerprint density at radius 1 is 0.706 bits per heavy atom. The number of hydrogen-bond acceptors (Lipinski definition) is 2. The Balaban J connectivity index is 3.19. The summed E-state index contributed by atoms with van der Waals surface area (Å²) in [7, 11) is 0. The van der Waals surface area contributed by atoms with Gasteiger partial charge in [-0.3, -0.25) is 5.26 Å². The van der Waals surface area contributed by atoms with E-state index in [1.807, 2.05) is 0 Å². The molecule has 0 aromatic rings. The fraction of sp³-hybridized carbons (Fsp3) is 1.00. The van der Waals surface area contributed by atoms with Crippen LogP contribution in [0.5, 0.6) is 0 Å². The Morgan fingerprint density at radius 2 is 1.18 bits per heavy atom. The van der Waals surface area contributed by atoms with Crippen LogP contribution in [-0.4, -0.2) is 11.4 Å². The number of hydrogen-bond donors (Lipinski definition) is 1. The highest BCUT2D eigenvalue weighted by Gasteiger charge is 2.07. The lowest BCUT2D eigenvalue weighted by Gasteiger charge is -2.12. The fourth-order valence-electron chi connectivity index (χ4n) is 2.19. The lowest BCUT2D eigenvalue weighted by atomic mass is 10.0. The van der Waals surface area contributed by atoms with Crippen LogP contribution in [0.4, 0.5) is 0 Å². The van der Waals surface area contributed by atoms with Crippen LogP contribution in [-0.2, 0) is 4.89 Å². The predicted octanol–water partition coefficient (Wildman–Crippen LogP) is 5.57. The van der Waals surface area contributed by atoms with Gasteiger partial charge in [-0.05, 0) is 12.8 Å². The first-order valence-corrected chi connectivity index (χ1v) is 7.65. The van der Waals surface area contributed by atoms with E-state index in [4.69, 9.17) is 5.26 Å². The van der Waals surface area contributed by atoms with E-state index in [1.54, 1.807) is 0 Å². The van der Waals surface area contributed by atoms with E-state index in [0.29, 0.717) is 0 Å². The van der Waals surface area contributed by atoms with Crippen LogP contribution in [0.3, 0.4) is 0 Å². The van der Waals surface area contributed by atoms with E-state index in [-0.39, 0.29) is 6.10 Å². The zero-order chi connectivity index (χ0) is 12.8. The van der Waals surface area contributed by atoms with E-state index in [1.165, 1.54) is 57.8 Å². The third kappa shape index (κ3) is 12.2. The largest absolute Gasteiger partial charge is 0.252 e. The van der Waals surface area contributed by atoms with Crippen LogP contribution in [0.1, 0.15) is 90.9 Å². The molecule has 2 nitrogen and oxygen atoms in total. The summed E-state index contributed by atoms with van der Waals surface area (Å²) in [5.41, 5.74) is 0. The molecular weight excluding hydrogens is 212 g/mol. The summed E-state index contributed by atoms with van der Waals surface area (Å²) in [5, 5.41) is 8.75. The highest BCUT2D eigenvalue weighted by Crippen LogP contribution is 2.14. The Labute approximate surface area is 108 Å². The van der Waals surface area contributed by atoms with Gasteiger partial charge in [0.05, 0.1) is 6.10 Å². The average Bonchev–Trinajstić information content (AvgIpc) is 2.36. The van der Waals surface area contributed by atoms with Gasteiger partial charge in [-0.1, -0.05) is 78.1 Å². The zero-order valence-corrected chi connectivity index (χ0v) is 11.9. The first-order chi connectivity index (χ1) is 8.35. The van der Waals surface area contributed by atoms with Gasteiger partial charge >= 0.3 is 0 Å². The van der Waals surface area contributed by atoms with Gasteiger partial charge in [0, 0.05) is 0 Å². The normalized spacial score (nSPS) is 12.9. The van der Waals surface area contributed by atoms with Crippen molar-refractivity contribution < 1.29 is 10.1 Å². The lowest BCUT2D eigenvalue weighted by molar-refractivity contribution is -0.281. The summed E-state index contributed by atoms with van der Waals surface area (Å²) in [5.74, 6) is 0. The molecule has 0 fully saturated rings. The summed E-state index contributed by atoms with van der Waals surface area (Å²) in [6, 6.07) is 0. The van der Waals surface area contributed by atoms with Crippen molar-refractivity contribution in [1.29, 1.82) is 0 Å². The lowest BCUT2D eigenvalue weighted by Crippen LogP contribution is -2.10. The van der Waals surface area contributed by atoms with Crippen molar-refractivity contribution in [3.05, 3.63) is 0 Å². The van der Waals surface area contributed by atoms with Gasteiger partial charge in [0.2, 0.25) is 0 Å². The summed E-state index contributed by atoms with van der Waals surface area (Å²) >= 11 is 0. The maximum absolute atomic E-state index is 8.75. The molecule has 0 amide bonds. The molecule has 0 aromatic carbocycles. The highest BCUT2D eigenvalue weighted by atomic mass is 17.1. The van der Waals surface area contributed by atoms with Crippen molar-refractivity contribution in [2.24, 2.45) is 0 Å². The molecule has 0 aliphatic rings. The minimum Gasteiger partial charge on any atom is -0.252 e. The highest BCUT2D eigenvalue weighted by molar-refractivity contribution is 4.57. The molecule has 1 atom stereocenters. The molecule has 2 heteroatoms. The maximum Gasteiger partial charge on any atom is 0.0927 e. The zero-order valence-electron chi connectivity index (χ0n) is 11.9. The van der Waals surface area contributed by atoms with Gasteiger partial charge in [0.1, 0.15) is 0 Å². The molecule has 0 spiro atoms. The summed E-state index contributed by atoms with van der Waals surface area (Å²) in [6.45, 7) is 4.43. The van der Waals surface area contributed by atoms with E-state index in [2.05, 4.69) is 18.7 Å². The van der Waals surface area contributed by atoms with E-state index in [9.17, 15) is 0 Å². The predicted molar refractivity (Wildman–Crippen MR) is 74.3 cm³/mol. The molecule has 17 heavy (non-hydrogen) atoms. The molecule has 0 aliphatic carbocycles. The smallest absolute Gasteiger partial charge is 0.0927 e. The topological polar surface area (TPSA) is 29.5 Å². The fourth-order valence-corrected chi connectivity index (χ4v) is 2.19. The number of rotatable bonds is 13. The molecule has 0 heterocycles. The molecule has 0 saturated heterocycles. The van der Waals surface area contributed by atoms with E-state index in [0.717, 1.165) is 19.3 Å². The molecular formula is C15H32O2. The van der Waals surface area contributed by atoms with Crippen LogP contribution >= 0.6 is 0 Å². The van der Waals surface area contributed by atoms with Gasteiger partial charge in [0.25, 0.3) is 0 Å². The van der Waals surface area contributed by atoms with Crippen LogP contribution in [0, 0.1) is 0 Å². The quantitative estimate of drug-likeness (QED) is 0.261. The molecule has 1 N–H and O–H groups in total. The first-order valence-electron chi connectivity index (χ1n) is 7.65. The first kappa shape index (κ1) is 16.9. The SMILES string of the molecule is CCCCCCCCCCC(CCCC)OO. The molecule has 0 aliphatic heterocycles. The van der Waals surface area contributed by atoms with Gasteiger partial charge < -0.3 is 0 Å². The Morgan fingerprint density at radius 3 is 1.71 bits per heavy atom. The van der Waals surface area contributed by atoms with Crippen molar-refractivity contribution in [2.75, 3.05) is 0 Å². The Kier molecular flexibility index (Phi) is 13.9. The van der Waals surface area contributed by atoms with E-state index >= 15 is 0 Å². The van der Waals surface area contributed by atoms with Crippen LogP contribution in [0.25, 0.3) is 0 Å². The molecule has 0 saturated carbocycles. The minimum absolute atomic E-state index is 0.0787. The molecule has 0 radical (unpaired) electrons. The molecule has 104 valence electrons. The summed E-state index contributed by atoms with van der Waals surface area (Å²) in [4.78, 5) is 4.51. The third-order valence-corrected chi connectivity index (χ3v) is 3.41. The summed E-state index contributed by atoms with van der Waals surface area (Å²) in [6.07, 6.45) is 15.1. The Bertz CT molecular complexity index is 137. The summed E-state index contributed by atoms with van der Waals surface area (Å²) < 4.78 is 0. The van der Waals surface area contributed by atoms with Crippen LogP contribution in [0.15, 0.2) is 0 Å². The second kappa shape index (κ2) is 14.0. The van der Waals surface area contributed by atoms with Gasteiger partial charge in [-0.2, -0.15) is 0 Å². The van der Waals surface area contributed by atoms with Gasteiger partial charge in [-0.15, -0.1) is 0 Å². The number of unbranched alkanes of at least 4 members (excludes halogenated alkanes) is 8. The molecule has 1 unspecified atom stereocenters. The molecule has 0 aromatic heterocycles. The molecule has 0 bridgehead atoms. The van der Waals surface area contributed by atoms with Gasteiger partial charge in [0.15, 0.2) is 0 Å². The van der Waals surface area contributed by atoms with Crippen LogP contribution < -0.4 is 0 Å². The third-order valence-electron chi connectivity index (χ3n) is 3.41. The average molecular weight is 244 g/mol. The van der Waals surface area contributed by atoms with Crippen molar-refractivity contribution in [3.8, 4) is 0 Å². The minimum atomic E-state index is 0.0787. The maximum atomic E-state index is 8.75. The van der Waals surface area contributed by atoms with Crippen LogP contribution in [0.2, 0.25) is 0 Å². The monoisotopic (exact) mass is 244 g/mol. The van der Waals surface area contributed by atoms with Crippen molar-refractivity contribution in [2.45, 2.75) is 97.0 Å². The molecule has 0 rings (SSSR count). The second-order valence-corrected chi connectivity index (χ2v) is 5.13. The Hall–Kier alpha value is -0.0800. The van der Waals surface area contributed by atoms with E-state index < -0.39 is 0 Å². The van der Waals surface area contributed by atoms with Crippen molar-refractivity contribution >= 4 is 0 Å². The standard InChI is InChI=1S/C15H32O2/c1-3-5-7-8-9-10-11-12-14-15(17-16)13-6-4-2/h15-16H,3-14H2,1-2H3. The van der Waals surface area contributed by atoms with Crippen molar-refractivity contribution in [1.82, 2.24) is 0 Å². The van der Waals surface area contributed by atoms with Gasteiger partial charge in [-0.25, -0.2) is 4.89 Å². The second-order valence-electron chi connectivity index (χ2n) is 5.13.